The van der Waals surface area contributed by atoms with E-state index < -0.39 is 119 Å². The van der Waals surface area contributed by atoms with Crippen molar-refractivity contribution in [3.05, 3.63) is 76.6 Å². The molecule has 7 rings (SSSR count). The number of nitrogens with one attached hydrogen (secondary N) is 2. The Morgan fingerprint density at radius 3 is 1.96 bits per heavy atom. The number of rotatable bonds is 16. The maximum absolute atomic E-state index is 13.9. The number of unbranched alkanes of at least 4 members (excludes halogenated alkanes) is 1. The molecule has 0 radical (unpaired) electrons. The average Bonchev–Trinajstić information content (AvgIpc) is 3.61. The van der Waals surface area contributed by atoms with Crippen molar-refractivity contribution in [1.29, 1.82) is 0 Å². The van der Waals surface area contributed by atoms with Gasteiger partial charge in [0.05, 0.1) is 32.4 Å². The van der Waals surface area contributed by atoms with Gasteiger partial charge in [0, 0.05) is 46.7 Å². The van der Waals surface area contributed by atoms with Crippen molar-refractivity contribution in [1.82, 2.24) is 15.7 Å². The normalized spacial score (nSPS) is 18.1. The van der Waals surface area contributed by atoms with E-state index in [2.05, 4.69) is 37.1 Å². The van der Waals surface area contributed by atoms with Gasteiger partial charge in [-0.3, -0.25) is 14.4 Å². The predicted molar refractivity (Wildman–Crippen MR) is 300 cm³/mol. The van der Waals surface area contributed by atoms with E-state index >= 15 is 0 Å². The smallest absolute Gasteiger partial charge is 0.337 e. The summed E-state index contributed by atoms with van der Waals surface area (Å²) < 4.78 is 88.0. The fraction of sp³-hybridized carbons (Fsp3) is 0.537. The fourth-order valence-electron chi connectivity index (χ4n) is 10.4. The molecule has 3 unspecified atom stereocenters. The minimum absolute atomic E-state index is 0. The molecule has 0 aromatic heterocycles. The number of amides is 2. The third-order valence-corrected chi connectivity index (χ3v) is 16.9. The van der Waals surface area contributed by atoms with E-state index in [1.807, 2.05) is 55.4 Å². The second-order valence-corrected chi connectivity index (χ2v) is 24.5. The van der Waals surface area contributed by atoms with Gasteiger partial charge in [0.2, 0.25) is 0 Å². The summed E-state index contributed by atoms with van der Waals surface area (Å²) in [5.41, 5.74) is -2.23. The van der Waals surface area contributed by atoms with Crippen LogP contribution in [-0.4, -0.2) is 91.8 Å². The lowest BCUT2D eigenvalue weighted by molar-refractivity contribution is -0.197. The first-order chi connectivity index (χ1) is 34.9. The summed E-state index contributed by atoms with van der Waals surface area (Å²) in [6, 6.07) is 3.07. The quantitative estimate of drug-likeness (QED) is 0.0267. The molecule has 4 aliphatic rings. The predicted octanol–water partition coefficient (Wildman–Crippen LogP) is 9.72. The Kier molecular flexibility index (Phi) is 23.1. The number of fused-ring (bicyclic) bond motifs is 4. The number of halogens is 3. The van der Waals surface area contributed by atoms with Crippen LogP contribution in [0.5, 0.6) is 11.5 Å². The van der Waals surface area contributed by atoms with Gasteiger partial charge >= 0.3 is 11.9 Å². The largest absolute Gasteiger partial charge is 0.744 e. The van der Waals surface area contributed by atoms with Gasteiger partial charge in [-0.25, -0.2) is 26.4 Å². The highest BCUT2D eigenvalue weighted by atomic mass is 35.5. The van der Waals surface area contributed by atoms with Crippen LogP contribution in [0.2, 0.25) is 15.1 Å². The topological polar surface area (TPSA) is 266 Å². The number of ketones is 1. The molecule has 2 amide bonds. The molecule has 3 atom stereocenters. The Labute approximate surface area is 473 Å². The van der Waals surface area contributed by atoms with Crippen LogP contribution >= 0.6 is 47.4 Å². The lowest BCUT2D eigenvalue weighted by Crippen LogP contribution is -2.35. The van der Waals surface area contributed by atoms with Crippen molar-refractivity contribution in [2.24, 2.45) is 10.8 Å². The number of Topliss-reactive ketones (excluding diaryl/α,β-unsaturated/α-hetero) is 1. The molecule has 23 heteroatoms. The first-order valence-electron chi connectivity index (χ1n) is 24.7. The molecule has 3 aromatic carbocycles. The molecule has 2 heterocycles. The number of ether oxygens (including phenoxy) is 1. The molecular weight excluding hydrogens is 1120 g/mol. The Morgan fingerprint density at radius 1 is 0.857 bits per heavy atom. The van der Waals surface area contributed by atoms with E-state index in [0.29, 0.717) is 35.5 Å². The summed E-state index contributed by atoms with van der Waals surface area (Å²) >= 11 is 25.5. The van der Waals surface area contributed by atoms with Crippen LogP contribution in [0.4, 0.5) is 0 Å². The van der Waals surface area contributed by atoms with Gasteiger partial charge in [-0.05, 0) is 108 Å². The van der Waals surface area contributed by atoms with Crippen molar-refractivity contribution < 1.29 is 64.6 Å². The monoisotopic (exact) mass is 1190 g/mol. The molecule has 0 saturated carbocycles. The molecule has 3 N–H and O–H groups in total. The minimum Gasteiger partial charge on any atom is -0.744 e. The van der Waals surface area contributed by atoms with E-state index in [1.54, 1.807) is 12.1 Å². The summed E-state index contributed by atoms with van der Waals surface area (Å²) in [5, 5.41) is 14.1. The number of nitrogens with zero attached hydrogens (tertiary/aromatic N) is 1. The summed E-state index contributed by atoms with van der Waals surface area (Å²) in [6.45, 7) is 21.3. The number of benzene rings is 3. The Bertz CT molecular complexity index is 3160. The molecule has 0 bridgehead atoms. The molecule has 1 saturated heterocycles. The summed E-state index contributed by atoms with van der Waals surface area (Å²) in [4.78, 5) is 66.3. The summed E-state index contributed by atoms with van der Waals surface area (Å²) in [5.74, 6) is -6.48. The van der Waals surface area contributed by atoms with E-state index in [1.165, 1.54) is 6.07 Å². The van der Waals surface area contributed by atoms with Crippen LogP contribution in [0.1, 0.15) is 190 Å². The molecule has 3 aromatic rings. The van der Waals surface area contributed by atoms with Gasteiger partial charge in [0.25, 0.3) is 11.8 Å². The zero-order chi connectivity index (χ0) is 56.4. The van der Waals surface area contributed by atoms with Crippen molar-refractivity contribution in [3.8, 4) is 11.5 Å². The van der Waals surface area contributed by atoms with Crippen LogP contribution in [0.3, 0.4) is 0 Å². The number of carboxylic acids is 1. The highest BCUT2D eigenvalue weighted by molar-refractivity contribution is 7.86. The molecule has 0 spiro atoms. The molecule has 77 heavy (non-hydrogen) atoms. The highest BCUT2D eigenvalue weighted by Crippen LogP contribution is 2.54. The molecule has 17 nitrogen and oxygen atoms in total. The Hall–Kier alpha value is -4.09. The number of carbonyl (C=O) groups excluding carboxylic acids is 4. The highest BCUT2D eigenvalue weighted by Gasteiger charge is 2.42. The van der Waals surface area contributed by atoms with Crippen molar-refractivity contribution >= 4 is 109 Å². The Balaban J connectivity index is 0.00000164. The van der Waals surface area contributed by atoms with Crippen LogP contribution in [0.25, 0.3) is 11.6 Å². The molecule has 428 valence electrons. The molecule has 2 aliphatic heterocycles. The lowest BCUT2D eigenvalue weighted by Gasteiger charge is -2.39. The SMILES string of the molecule is C.C.CC.CC1CC(C)(C)Cc2c1cc1c(c2S(=O)(=O)[O-])Oc2c(S(=O)(=O)[O-])c3c(cc2=C1c1c(Cl)c(C(S)C(=O)CNCCCCC(=O)ON2C(=O)CCC2=O)c(Cl)c(Cl)c1C(=O)O)C(C)CC(C)(C)C=3.CCNCC. The summed E-state index contributed by atoms with van der Waals surface area (Å²) in [7, 11) is -11.0. The first kappa shape index (κ1) is 67.2. The fourth-order valence-corrected chi connectivity index (χ4v) is 13.6. The number of aromatic carboxylic acids is 1. The lowest BCUT2D eigenvalue weighted by atomic mass is 9.69. The van der Waals surface area contributed by atoms with Gasteiger partial charge < -0.3 is 34.4 Å². The number of hydrogen-bond donors (Lipinski definition) is 4. The maximum Gasteiger partial charge on any atom is 0.337 e. The number of imide groups is 1. The van der Waals surface area contributed by atoms with Gasteiger partial charge in [0.1, 0.15) is 30.0 Å². The second kappa shape index (κ2) is 26.5. The van der Waals surface area contributed by atoms with E-state index in [9.17, 15) is 55.0 Å². The molecular formula is C54H72Cl3N3O14S3-2. The maximum atomic E-state index is 13.9. The van der Waals surface area contributed by atoms with E-state index in [-0.39, 0.29) is 98.7 Å². The number of hydrogen-bond acceptors (Lipinski definition) is 16. The number of carboxylic acid groups (broad SMARTS) is 1. The molecule has 1 fully saturated rings. The van der Waals surface area contributed by atoms with Crippen molar-refractivity contribution in [2.45, 2.75) is 162 Å². The van der Waals surface area contributed by atoms with E-state index in [4.69, 9.17) is 44.4 Å². The number of carbonyl (C=O) groups is 5. The standard InChI is InChI=1S/C46H49Cl3N2O14S3.C4H11N.C2H6.2CH4/c1-20-15-45(3,4)17-26-22(20)13-24-32(25-14-23-21(2)16-46(5,6)18-27(23)43(68(61,62)63)40(25)64-39(24)42(26)67(58,59)60)33-34(44(56)57)37(48)38(49)35(36(33)47)41(66)28(52)19-50-12-8-7-9-31(55)65-51-29(53)10-11-30(51)54;1-3-5-4-2;1-2;;/h13-14,17,20-21,41,50,66H,7-12,15-16,18-19H2,1-6H3,(H,56,57)(H,58,59,60)(H,61,62,63);5H,3-4H2,1-2H3;1-2H3;2*1H4/p-2. The molecule has 2 aliphatic carbocycles. The number of hydroxylamine groups is 2. The van der Waals surface area contributed by atoms with E-state index in [0.717, 1.165) is 13.1 Å². The van der Waals surface area contributed by atoms with Gasteiger partial charge in [0.15, 0.2) is 17.3 Å². The zero-order valence-electron chi connectivity index (χ0n) is 43.5. The van der Waals surface area contributed by atoms with Crippen LogP contribution in [-0.2, 0) is 50.7 Å². The van der Waals surface area contributed by atoms with Crippen LogP contribution in [0.15, 0.2) is 21.9 Å². The first-order valence-corrected chi connectivity index (χ1v) is 29.2. The summed E-state index contributed by atoms with van der Waals surface area (Å²) in [6.07, 6.45) is 3.04. The van der Waals surface area contributed by atoms with Gasteiger partial charge in [-0.1, -0.05) is 125 Å². The average molecular weight is 1190 g/mol. The minimum atomic E-state index is -5.53. The third kappa shape index (κ3) is 14.5. The van der Waals surface area contributed by atoms with Crippen molar-refractivity contribution in [2.75, 3.05) is 26.2 Å². The van der Waals surface area contributed by atoms with Gasteiger partial charge in [-0.2, -0.15) is 12.6 Å². The second-order valence-electron chi connectivity index (χ2n) is 20.2. The van der Waals surface area contributed by atoms with Crippen molar-refractivity contribution in [3.63, 3.8) is 0 Å². The van der Waals surface area contributed by atoms with Gasteiger partial charge in [-0.15, -0.1) is 5.06 Å². The Morgan fingerprint density at radius 2 is 1.43 bits per heavy atom. The van der Waals surface area contributed by atoms with Crippen LogP contribution in [0, 0.1) is 10.8 Å². The zero-order valence-corrected chi connectivity index (χ0v) is 48.3. The van der Waals surface area contributed by atoms with Crippen LogP contribution < -0.4 is 25.8 Å². The number of thiol groups is 1. The third-order valence-electron chi connectivity index (χ3n) is 13.2.